The summed E-state index contributed by atoms with van der Waals surface area (Å²) in [6.45, 7) is 10.00. The fourth-order valence-corrected chi connectivity index (χ4v) is 2.41. The lowest BCUT2D eigenvalue weighted by atomic mass is 9.74. The predicted molar refractivity (Wildman–Crippen MR) is 66.9 cm³/mol. The molecule has 0 radical (unpaired) electrons. The summed E-state index contributed by atoms with van der Waals surface area (Å²) in [6, 6.07) is 0.733. The second-order valence-electron chi connectivity index (χ2n) is 6.52. The van der Waals surface area contributed by atoms with E-state index in [2.05, 4.69) is 39.6 Å². The van der Waals surface area contributed by atoms with Crippen LogP contribution in [-0.4, -0.2) is 30.1 Å². The van der Waals surface area contributed by atoms with Crippen LogP contribution in [0.5, 0.6) is 0 Å². The van der Waals surface area contributed by atoms with E-state index in [9.17, 15) is 0 Å². The molecule has 0 bridgehead atoms. The Morgan fingerprint density at radius 3 is 2.13 bits per heavy atom. The first-order chi connectivity index (χ1) is 6.78. The molecule has 0 aromatic rings. The van der Waals surface area contributed by atoms with Crippen LogP contribution in [0.25, 0.3) is 0 Å². The van der Waals surface area contributed by atoms with Crippen LogP contribution in [0.2, 0.25) is 0 Å². The zero-order valence-corrected chi connectivity index (χ0v) is 11.1. The Balaban J connectivity index is 2.53. The Kier molecular flexibility index (Phi) is 3.83. The van der Waals surface area contributed by atoms with Gasteiger partial charge in [0.05, 0.1) is 0 Å². The molecule has 1 rings (SSSR count). The fraction of sp³-hybridized carbons (Fsp3) is 1.00. The van der Waals surface area contributed by atoms with Crippen molar-refractivity contribution >= 4 is 0 Å². The summed E-state index contributed by atoms with van der Waals surface area (Å²) in [5.41, 5.74) is 6.53. The molecule has 90 valence electrons. The minimum Gasteiger partial charge on any atom is -0.329 e. The third kappa shape index (κ3) is 3.18. The molecule has 0 aromatic carbocycles. The lowest BCUT2D eigenvalue weighted by Gasteiger charge is -2.45. The second kappa shape index (κ2) is 4.42. The SMILES string of the molecule is CN(C1CCC(C)(C)CC1)C(C)(C)CN. The summed E-state index contributed by atoms with van der Waals surface area (Å²) in [5.74, 6) is 0. The van der Waals surface area contributed by atoms with Gasteiger partial charge in [0, 0.05) is 18.1 Å². The molecule has 0 saturated heterocycles. The topological polar surface area (TPSA) is 29.3 Å². The lowest BCUT2D eigenvalue weighted by Crippen LogP contribution is -2.53. The molecule has 0 aromatic heterocycles. The highest BCUT2D eigenvalue weighted by Crippen LogP contribution is 2.37. The van der Waals surface area contributed by atoms with E-state index in [0.717, 1.165) is 12.6 Å². The van der Waals surface area contributed by atoms with Crippen LogP contribution >= 0.6 is 0 Å². The summed E-state index contributed by atoms with van der Waals surface area (Å²) in [7, 11) is 2.23. The van der Waals surface area contributed by atoms with Gasteiger partial charge in [-0.25, -0.2) is 0 Å². The smallest absolute Gasteiger partial charge is 0.0275 e. The van der Waals surface area contributed by atoms with Crippen LogP contribution in [0.3, 0.4) is 0 Å². The Bertz CT molecular complexity index is 199. The molecule has 0 unspecified atom stereocenters. The van der Waals surface area contributed by atoms with Crippen molar-refractivity contribution in [1.29, 1.82) is 0 Å². The van der Waals surface area contributed by atoms with Gasteiger partial charge in [0.2, 0.25) is 0 Å². The number of nitrogens with two attached hydrogens (primary N) is 1. The maximum absolute atomic E-state index is 5.83. The van der Waals surface area contributed by atoms with Crippen LogP contribution in [0, 0.1) is 5.41 Å². The van der Waals surface area contributed by atoms with Gasteiger partial charge in [0.25, 0.3) is 0 Å². The van der Waals surface area contributed by atoms with Crippen LogP contribution in [0.4, 0.5) is 0 Å². The zero-order chi connectivity index (χ0) is 11.7. The quantitative estimate of drug-likeness (QED) is 0.779. The van der Waals surface area contributed by atoms with E-state index >= 15 is 0 Å². The number of nitrogens with zero attached hydrogens (tertiary/aromatic N) is 1. The van der Waals surface area contributed by atoms with Gasteiger partial charge >= 0.3 is 0 Å². The Hall–Kier alpha value is -0.0800. The minimum absolute atomic E-state index is 0.145. The van der Waals surface area contributed by atoms with Crippen molar-refractivity contribution in [2.75, 3.05) is 13.6 Å². The summed E-state index contributed by atoms with van der Waals surface area (Å²) in [4.78, 5) is 2.49. The second-order valence-corrected chi connectivity index (χ2v) is 6.52. The first kappa shape index (κ1) is 13.0. The molecule has 0 heterocycles. The van der Waals surface area contributed by atoms with Crippen LogP contribution in [0.1, 0.15) is 53.4 Å². The van der Waals surface area contributed by atoms with Crippen molar-refractivity contribution in [2.45, 2.75) is 65.0 Å². The van der Waals surface area contributed by atoms with Gasteiger partial charge in [-0.2, -0.15) is 0 Å². The van der Waals surface area contributed by atoms with Gasteiger partial charge in [-0.3, -0.25) is 4.90 Å². The van der Waals surface area contributed by atoms with Crippen LogP contribution < -0.4 is 5.73 Å². The van der Waals surface area contributed by atoms with Crippen molar-refractivity contribution in [3.63, 3.8) is 0 Å². The largest absolute Gasteiger partial charge is 0.329 e. The van der Waals surface area contributed by atoms with Crippen molar-refractivity contribution in [3.05, 3.63) is 0 Å². The van der Waals surface area contributed by atoms with E-state index in [-0.39, 0.29) is 5.54 Å². The number of hydrogen-bond donors (Lipinski definition) is 1. The summed E-state index contributed by atoms with van der Waals surface area (Å²) in [6.07, 6.45) is 5.35. The normalized spacial score (nSPS) is 23.4. The first-order valence-electron chi connectivity index (χ1n) is 6.21. The maximum atomic E-state index is 5.83. The highest BCUT2D eigenvalue weighted by atomic mass is 15.2. The van der Waals surface area contributed by atoms with Crippen molar-refractivity contribution < 1.29 is 0 Å². The van der Waals surface area contributed by atoms with E-state index in [4.69, 9.17) is 5.73 Å². The molecule has 0 atom stereocenters. The molecular weight excluding hydrogens is 184 g/mol. The summed E-state index contributed by atoms with van der Waals surface area (Å²) < 4.78 is 0. The molecule has 0 aliphatic heterocycles. The van der Waals surface area contributed by atoms with E-state index in [1.807, 2.05) is 0 Å². The Morgan fingerprint density at radius 1 is 1.27 bits per heavy atom. The average molecular weight is 212 g/mol. The molecule has 1 aliphatic carbocycles. The standard InChI is InChI=1S/C13H28N2/c1-12(2)8-6-11(7-9-12)15(5)13(3,4)10-14/h11H,6-10,14H2,1-5H3. The van der Waals surface area contributed by atoms with Crippen LogP contribution in [-0.2, 0) is 0 Å². The zero-order valence-electron chi connectivity index (χ0n) is 11.1. The molecule has 2 nitrogen and oxygen atoms in total. The molecule has 1 aliphatic rings. The van der Waals surface area contributed by atoms with Gasteiger partial charge in [-0.1, -0.05) is 13.8 Å². The highest BCUT2D eigenvalue weighted by Gasteiger charge is 2.33. The van der Waals surface area contributed by atoms with Gasteiger partial charge in [0.1, 0.15) is 0 Å². The lowest BCUT2D eigenvalue weighted by molar-refractivity contribution is 0.0567. The van der Waals surface area contributed by atoms with Gasteiger partial charge in [-0.15, -0.1) is 0 Å². The maximum Gasteiger partial charge on any atom is 0.0275 e. The number of hydrogen-bond acceptors (Lipinski definition) is 2. The third-order valence-electron chi connectivity index (χ3n) is 4.31. The molecule has 0 amide bonds. The number of rotatable bonds is 3. The molecular formula is C13H28N2. The van der Waals surface area contributed by atoms with E-state index < -0.39 is 0 Å². The van der Waals surface area contributed by atoms with Gasteiger partial charge in [0.15, 0.2) is 0 Å². The first-order valence-corrected chi connectivity index (χ1v) is 6.21. The summed E-state index contributed by atoms with van der Waals surface area (Å²) >= 11 is 0. The van der Waals surface area contributed by atoms with Crippen molar-refractivity contribution in [1.82, 2.24) is 4.90 Å². The van der Waals surface area contributed by atoms with Gasteiger partial charge < -0.3 is 5.73 Å². The third-order valence-corrected chi connectivity index (χ3v) is 4.31. The van der Waals surface area contributed by atoms with Gasteiger partial charge in [-0.05, 0) is 52.0 Å². The molecule has 0 spiro atoms. The van der Waals surface area contributed by atoms with Crippen LogP contribution in [0.15, 0.2) is 0 Å². The molecule has 2 heteroatoms. The van der Waals surface area contributed by atoms with Crippen molar-refractivity contribution in [3.8, 4) is 0 Å². The van der Waals surface area contributed by atoms with E-state index in [1.54, 1.807) is 0 Å². The van der Waals surface area contributed by atoms with E-state index in [0.29, 0.717) is 5.41 Å². The molecule has 1 fully saturated rings. The summed E-state index contributed by atoms with van der Waals surface area (Å²) in [5, 5.41) is 0. The Morgan fingerprint density at radius 2 is 1.73 bits per heavy atom. The Labute approximate surface area is 95.2 Å². The molecule has 1 saturated carbocycles. The molecule has 15 heavy (non-hydrogen) atoms. The highest BCUT2D eigenvalue weighted by molar-refractivity contribution is 4.89. The van der Waals surface area contributed by atoms with E-state index in [1.165, 1.54) is 25.7 Å². The van der Waals surface area contributed by atoms with Crippen molar-refractivity contribution in [2.24, 2.45) is 11.1 Å². The monoisotopic (exact) mass is 212 g/mol. The minimum atomic E-state index is 0.145. The number of likely N-dealkylation sites (N-methyl/N-ethyl adjacent to an activating group) is 1. The predicted octanol–water partition coefficient (Wildman–Crippen LogP) is 2.62. The average Bonchev–Trinajstić information content (AvgIpc) is 2.17. The fourth-order valence-electron chi connectivity index (χ4n) is 2.41. The molecule has 2 N–H and O–H groups in total.